The number of hydrogen-bond acceptors (Lipinski definition) is 4. The van der Waals surface area contributed by atoms with Crippen LogP contribution in [-0.2, 0) is 4.79 Å². The van der Waals surface area contributed by atoms with Crippen LogP contribution in [0, 0.1) is 0 Å². The van der Waals surface area contributed by atoms with E-state index < -0.39 is 6.04 Å². The molecule has 1 aromatic carbocycles. The second kappa shape index (κ2) is 5.63. The van der Waals surface area contributed by atoms with Crippen LogP contribution in [0.2, 0.25) is 0 Å². The largest absolute Gasteiger partial charge is 0.497 e. The molecule has 0 aliphatic carbocycles. The summed E-state index contributed by atoms with van der Waals surface area (Å²) in [4.78, 5) is 11.4. The zero-order valence-electron chi connectivity index (χ0n) is 8.43. The van der Waals surface area contributed by atoms with Gasteiger partial charge in [-0.2, -0.15) is 12.6 Å². The van der Waals surface area contributed by atoms with E-state index in [9.17, 15) is 4.79 Å². The third-order valence-electron chi connectivity index (χ3n) is 1.87. The van der Waals surface area contributed by atoms with Gasteiger partial charge in [-0.1, -0.05) is 6.07 Å². The SMILES string of the molecule is COc1cccc(NC(=O)C(N)CS)c1. The van der Waals surface area contributed by atoms with Gasteiger partial charge in [-0.15, -0.1) is 0 Å². The zero-order valence-corrected chi connectivity index (χ0v) is 9.33. The second-order valence-corrected chi connectivity index (χ2v) is 3.38. The van der Waals surface area contributed by atoms with E-state index in [4.69, 9.17) is 10.5 Å². The number of nitrogens with two attached hydrogens (primary N) is 1. The summed E-state index contributed by atoms with van der Waals surface area (Å²) in [5.74, 6) is 0.751. The second-order valence-electron chi connectivity index (χ2n) is 3.01. The van der Waals surface area contributed by atoms with Crippen molar-refractivity contribution in [2.45, 2.75) is 6.04 Å². The van der Waals surface area contributed by atoms with Gasteiger partial charge in [0.15, 0.2) is 0 Å². The Labute approximate surface area is 94.2 Å². The van der Waals surface area contributed by atoms with E-state index in [0.29, 0.717) is 17.2 Å². The molecule has 5 heteroatoms. The first-order valence-electron chi connectivity index (χ1n) is 4.48. The molecule has 0 aliphatic rings. The highest BCUT2D eigenvalue weighted by Crippen LogP contribution is 2.16. The molecule has 4 nitrogen and oxygen atoms in total. The molecular formula is C10H14N2O2S. The van der Waals surface area contributed by atoms with Crippen molar-refractivity contribution in [3.63, 3.8) is 0 Å². The average molecular weight is 226 g/mol. The lowest BCUT2D eigenvalue weighted by Gasteiger charge is -2.10. The summed E-state index contributed by atoms with van der Waals surface area (Å²) in [5, 5.41) is 2.67. The Bertz CT molecular complexity index is 344. The normalized spacial score (nSPS) is 11.9. The van der Waals surface area contributed by atoms with E-state index in [-0.39, 0.29) is 5.91 Å². The number of carbonyl (C=O) groups excluding carboxylic acids is 1. The van der Waals surface area contributed by atoms with Crippen LogP contribution in [0.3, 0.4) is 0 Å². The van der Waals surface area contributed by atoms with Crippen LogP contribution in [0.25, 0.3) is 0 Å². The minimum absolute atomic E-state index is 0.252. The summed E-state index contributed by atoms with van der Waals surface area (Å²) in [7, 11) is 1.57. The van der Waals surface area contributed by atoms with Crippen LogP contribution < -0.4 is 15.8 Å². The van der Waals surface area contributed by atoms with Crippen molar-refractivity contribution in [3.8, 4) is 5.75 Å². The molecule has 0 aromatic heterocycles. The van der Waals surface area contributed by atoms with Crippen LogP contribution in [0.1, 0.15) is 0 Å². The predicted octanol–water partition coefficient (Wildman–Crippen LogP) is 0.891. The molecule has 0 spiro atoms. The summed E-state index contributed by atoms with van der Waals surface area (Å²) in [5.41, 5.74) is 6.18. The van der Waals surface area contributed by atoms with Gasteiger partial charge in [0, 0.05) is 17.5 Å². The predicted molar refractivity (Wildman–Crippen MR) is 63.5 cm³/mol. The minimum Gasteiger partial charge on any atom is -0.497 e. The van der Waals surface area contributed by atoms with Gasteiger partial charge in [-0.25, -0.2) is 0 Å². The van der Waals surface area contributed by atoms with Crippen molar-refractivity contribution in [3.05, 3.63) is 24.3 Å². The summed E-state index contributed by atoms with van der Waals surface area (Å²) >= 11 is 3.95. The molecule has 1 amide bonds. The summed E-state index contributed by atoms with van der Waals surface area (Å²) in [6.45, 7) is 0. The van der Waals surface area contributed by atoms with Crippen molar-refractivity contribution in [1.82, 2.24) is 0 Å². The van der Waals surface area contributed by atoms with E-state index in [2.05, 4.69) is 17.9 Å². The number of rotatable bonds is 4. The fourth-order valence-electron chi connectivity index (χ4n) is 1.02. The minimum atomic E-state index is -0.598. The van der Waals surface area contributed by atoms with Gasteiger partial charge in [0.1, 0.15) is 5.75 Å². The van der Waals surface area contributed by atoms with E-state index >= 15 is 0 Å². The maximum atomic E-state index is 11.4. The number of anilines is 1. The first kappa shape index (κ1) is 11.9. The zero-order chi connectivity index (χ0) is 11.3. The number of carbonyl (C=O) groups is 1. The van der Waals surface area contributed by atoms with Crippen LogP contribution in [0.5, 0.6) is 5.75 Å². The molecule has 0 saturated carbocycles. The molecule has 82 valence electrons. The lowest BCUT2D eigenvalue weighted by molar-refractivity contribution is -0.116. The molecule has 1 aromatic rings. The van der Waals surface area contributed by atoms with Gasteiger partial charge >= 0.3 is 0 Å². The number of hydrogen-bond donors (Lipinski definition) is 3. The van der Waals surface area contributed by atoms with Crippen molar-refractivity contribution >= 4 is 24.2 Å². The topological polar surface area (TPSA) is 64.3 Å². The molecule has 0 aliphatic heterocycles. The van der Waals surface area contributed by atoms with Crippen LogP contribution in [0.4, 0.5) is 5.69 Å². The van der Waals surface area contributed by atoms with Gasteiger partial charge in [0.05, 0.1) is 13.2 Å². The van der Waals surface area contributed by atoms with Crippen LogP contribution in [0.15, 0.2) is 24.3 Å². The Hall–Kier alpha value is -1.20. The number of methoxy groups -OCH3 is 1. The number of amides is 1. The van der Waals surface area contributed by atoms with Gasteiger partial charge in [0.25, 0.3) is 0 Å². The summed E-state index contributed by atoms with van der Waals surface area (Å²) in [6.07, 6.45) is 0. The standard InChI is InChI=1S/C10H14N2O2S/c1-14-8-4-2-3-7(5-8)12-10(13)9(11)6-15/h2-5,9,15H,6,11H2,1H3,(H,12,13). The van der Waals surface area contributed by atoms with E-state index in [1.165, 1.54) is 0 Å². The van der Waals surface area contributed by atoms with Crippen molar-refractivity contribution in [2.75, 3.05) is 18.2 Å². The molecule has 0 bridgehead atoms. The molecule has 0 saturated heterocycles. The Kier molecular flexibility index (Phi) is 4.45. The quantitative estimate of drug-likeness (QED) is 0.668. The third kappa shape index (κ3) is 3.45. The molecular weight excluding hydrogens is 212 g/mol. The van der Waals surface area contributed by atoms with Crippen molar-refractivity contribution in [2.24, 2.45) is 5.73 Å². The fraction of sp³-hybridized carbons (Fsp3) is 0.300. The lowest BCUT2D eigenvalue weighted by Crippen LogP contribution is -2.37. The van der Waals surface area contributed by atoms with Crippen LogP contribution in [-0.4, -0.2) is 24.8 Å². The maximum absolute atomic E-state index is 11.4. The molecule has 15 heavy (non-hydrogen) atoms. The average Bonchev–Trinajstić information content (AvgIpc) is 2.28. The third-order valence-corrected chi connectivity index (χ3v) is 2.26. The molecule has 0 radical (unpaired) electrons. The number of thiol groups is 1. The monoisotopic (exact) mass is 226 g/mol. The smallest absolute Gasteiger partial charge is 0.242 e. The highest BCUT2D eigenvalue weighted by molar-refractivity contribution is 7.80. The Balaban J connectivity index is 2.68. The van der Waals surface area contributed by atoms with E-state index in [0.717, 1.165) is 0 Å². The van der Waals surface area contributed by atoms with Gasteiger partial charge < -0.3 is 15.8 Å². The Morgan fingerprint density at radius 2 is 2.40 bits per heavy atom. The van der Waals surface area contributed by atoms with E-state index in [1.54, 1.807) is 31.4 Å². The molecule has 1 rings (SSSR count). The first-order chi connectivity index (χ1) is 7.17. The first-order valence-corrected chi connectivity index (χ1v) is 5.12. The number of benzene rings is 1. The van der Waals surface area contributed by atoms with Crippen LogP contribution >= 0.6 is 12.6 Å². The van der Waals surface area contributed by atoms with Gasteiger partial charge in [-0.05, 0) is 12.1 Å². The highest BCUT2D eigenvalue weighted by Gasteiger charge is 2.11. The lowest BCUT2D eigenvalue weighted by atomic mass is 10.2. The summed E-state index contributed by atoms with van der Waals surface area (Å²) in [6, 6.07) is 6.49. The number of ether oxygens (including phenoxy) is 1. The van der Waals surface area contributed by atoms with Gasteiger partial charge in [0.2, 0.25) is 5.91 Å². The summed E-state index contributed by atoms with van der Waals surface area (Å²) < 4.78 is 5.03. The molecule has 1 atom stereocenters. The van der Waals surface area contributed by atoms with E-state index in [1.807, 2.05) is 0 Å². The van der Waals surface area contributed by atoms with Crippen molar-refractivity contribution < 1.29 is 9.53 Å². The Morgan fingerprint density at radius 1 is 1.67 bits per heavy atom. The fourth-order valence-corrected chi connectivity index (χ4v) is 1.18. The number of nitrogens with one attached hydrogen (secondary N) is 1. The maximum Gasteiger partial charge on any atom is 0.242 e. The molecule has 3 N–H and O–H groups in total. The van der Waals surface area contributed by atoms with Gasteiger partial charge in [-0.3, -0.25) is 4.79 Å². The molecule has 0 fully saturated rings. The molecule has 0 heterocycles. The molecule has 1 unspecified atom stereocenters. The highest BCUT2D eigenvalue weighted by atomic mass is 32.1. The van der Waals surface area contributed by atoms with Crippen molar-refractivity contribution in [1.29, 1.82) is 0 Å². The Morgan fingerprint density at radius 3 is 3.00 bits per heavy atom.